The molecule has 0 radical (unpaired) electrons. The molecule has 6 nitrogen and oxygen atoms in total. The molecule has 24 heavy (non-hydrogen) atoms. The van der Waals surface area contributed by atoms with Gasteiger partial charge in [-0.1, -0.05) is 28.0 Å². The zero-order valence-corrected chi connectivity index (χ0v) is 15.8. The average molecular weight is 397 g/mol. The van der Waals surface area contributed by atoms with Crippen LogP contribution in [-0.2, 0) is 17.8 Å². The zero-order valence-electron chi connectivity index (χ0n) is 14.2. The van der Waals surface area contributed by atoms with Crippen LogP contribution in [0.1, 0.15) is 44.3 Å². The Morgan fingerprint density at radius 1 is 1.38 bits per heavy atom. The summed E-state index contributed by atoms with van der Waals surface area (Å²) in [6, 6.07) is 0. The van der Waals surface area contributed by atoms with E-state index in [9.17, 15) is 4.79 Å². The van der Waals surface area contributed by atoms with E-state index in [0.717, 1.165) is 57.2 Å². The zero-order chi connectivity index (χ0) is 16.7. The minimum absolute atomic E-state index is 0.115. The molecule has 7 heteroatoms. The molecule has 0 unspecified atom stereocenters. The van der Waals surface area contributed by atoms with Crippen molar-refractivity contribution in [2.75, 3.05) is 26.2 Å². The first-order chi connectivity index (χ1) is 11.6. The van der Waals surface area contributed by atoms with Crippen molar-refractivity contribution in [3.8, 4) is 0 Å². The highest BCUT2D eigenvalue weighted by molar-refractivity contribution is 9.09. The summed E-state index contributed by atoms with van der Waals surface area (Å²) in [7, 11) is 0. The minimum atomic E-state index is -0.115. The van der Waals surface area contributed by atoms with Gasteiger partial charge < -0.3 is 9.42 Å². The number of piperazine rings is 1. The van der Waals surface area contributed by atoms with Gasteiger partial charge in [-0.15, -0.1) is 0 Å². The fraction of sp³-hybridized carbons (Fsp3) is 0.824. The van der Waals surface area contributed by atoms with Gasteiger partial charge in [-0.2, -0.15) is 4.98 Å². The van der Waals surface area contributed by atoms with Crippen LogP contribution in [0.5, 0.6) is 0 Å². The molecule has 1 aromatic heterocycles. The van der Waals surface area contributed by atoms with Crippen molar-refractivity contribution in [2.24, 2.45) is 11.3 Å². The molecular weight excluding hydrogens is 372 g/mol. The average Bonchev–Trinajstić information content (AvgIpc) is 3.29. The normalized spacial score (nSPS) is 33.3. The van der Waals surface area contributed by atoms with Crippen molar-refractivity contribution in [1.82, 2.24) is 19.9 Å². The Morgan fingerprint density at radius 2 is 2.17 bits per heavy atom. The number of rotatable bonds is 4. The molecular formula is C17H25BrN4O2. The second kappa shape index (κ2) is 6.41. The Labute approximate surface area is 151 Å². The third-order valence-electron chi connectivity index (χ3n) is 6.05. The lowest BCUT2D eigenvalue weighted by Crippen LogP contribution is -2.53. The van der Waals surface area contributed by atoms with Gasteiger partial charge in [0.2, 0.25) is 11.8 Å². The predicted molar refractivity (Wildman–Crippen MR) is 92.6 cm³/mol. The fourth-order valence-electron chi connectivity index (χ4n) is 4.64. The number of alkyl halides is 1. The topological polar surface area (TPSA) is 62.5 Å². The van der Waals surface area contributed by atoms with Crippen molar-refractivity contribution in [3.05, 3.63) is 11.7 Å². The lowest BCUT2D eigenvalue weighted by molar-refractivity contribution is -0.143. The second-order valence-electron chi connectivity index (χ2n) is 7.49. The molecule has 0 N–H and O–H groups in total. The van der Waals surface area contributed by atoms with Crippen LogP contribution in [0.3, 0.4) is 0 Å². The highest BCUT2D eigenvalue weighted by Gasteiger charge is 2.57. The van der Waals surface area contributed by atoms with Crippen molar-refractivity contribution >= 4 is 21.8 Å². The number of amides is 1. The Kier molecular flexibility index (Phi) is 4.41. The van der Waals surface area contributed by atoms with Crippen molar-refractivity contribution in [2.45, 2.75) is 50.4 Å². The molecule has 2 bridgehead atoms. The summed E-state index contributed by atoms with van der Waals surface area (Å²) < 4.78 is 5.17. The van der Waals surface area contributed by atoms with Crippen LogP contribution in [-0.4, -0.2) is 56.9 Å². The van der Waals surface area contributed by atoms with Crippen molar-refractivity contribution in [1.29, 1.82) is 0 Å². The molecule has 1 aromatic rings. The van der Waals surface area contributed by atoms with Crippen LogP contribution in [0.25, 0.3) is 0 Å². The summed E-state index contributed by atoms with van der Waals surface area (Å²) in [6.45, 7) is 6.10. The van der Waals surface area contributed by atoms with Crippen LogP contribution in [0.15, 0.2) is 4.52 Å². The van der Waals surface area contributed by atoms with Gasteiger partial charge in [0.25, 0.3) is 0 Å². The van der Waals surface area contributed by atoms with Crippen LogP contribution in [0, 0.1) is 11.3 Å². The van der Waals surface area contributed by atoms with Gasteiger partial charge in [-0.3, -0.25) is 9.69 Å². The molecule has 3 aliphatic rings. The molecule has 0 aromatic carbocycles. The SMILES string of the molecule is CCc1nc(CN2CCN(C(=O)[C@@]34CC[C@@H](C[C@@H]3Br)C4)CC2)no1. The molecule has 1 saturated heterocycles. The van der Waals surface area contributed by atoms with Crippen molar-refractivity contribution in [3.63, 3.8) is 0 Å². The van der Waals surface area contributed by atoms with Gasteiger partial charge in [0.1, 0.15) is 0 Å². The van der Waals surface area contributed by atoms with E-state index < -0.39 is 0 Å². The summed E-state index contributed by atoms with van der Waals surface area (Å²) in [4.78, 5) is 22.3. The molecule has 2 aliphatic carbocycles. The Morgan fingerprint density at radius 3 is 2.75 bits per heavy atom. The first-order valence-electron chi connectivity index (χ1n) is 9.08. The molecule has 2 heterocycles. The highest BCUT2D eigenvalue weighted by Crippen LogP contribution is 2.57. The third-order valence-corrected chi connectivity index (χ3v) is 7.30. The number of nitrogens with zero attached hydrogens (tertiary/aromatic N) is 4. The number of hydrogen-bond donors (Lipinski definition) is 0. The second-order valence-corrected chi connectivity index (χ2v) is 8.60. The molecule has 1 aliphatic heterocycles. The summed E-state index contributed by atoms with van der Waals surface area (Å²) >= 11 is 3.80. The lowest BCUT2D eigenvalue weighted by atomic mass is 9.82. The number of carbonyl (C=O) groups is 1. The van der Waals surface area contributed by atoms with Crippen molar-refractivity contribution < 1.29 is 9.32 Å². The number of aryl methyl sites for hydroxylation is 1. The summed E-state index contributed by atoms with van der Waals surface area (Å²) in [5.74, 6) is 2.58. The maximum Gasteiger partial charge on any atom is 0.230 e. The van der Waals surface area contributed by atoms with E-state index in [0.29, 0.717) is 23.2 Å². The Bertz CT molecular complexity index is 613. The van der Waals surface area contributed by atoms with E-state index in [2.05, 4.69) is 35.9 Å². The van der Waals surface area contributed by atoms with E-state index in [1.807, 2.05) is 6.92 Å². The number of aromatic nitrogens is 2. The highest BCUT2D eigenvalue weighted by atomic mass is 79.9. The van der Waals surface area contributed by atoms with Gasteiger partial charge in [0.05, 0.1) is 12.0 Å². The third kappa shape index (κ3) is 2.79. The lowest BCUT2D eigenvalue weighted by Gasteiger charge is -2.40. The number of carbonyl (C=O) groups excluding carboxylic acids is 1. The van der Waals surface area contributed by atoms with Gasteiger partial charge in [-0.05, 0) is 31.6 Å². The predicted octanol–water partition coefficient (Wildman–Crippen LogP) is 2.23. The molecule has 3 atom stereocenters. The largest absolute Gasteiger partial charge is 0.340 e. The van der Waals surface area contributed by atoms with Gasteiger partial charge >= 0.3 is 0 Å². The van der Waals surface area contributed by atoms with E-state index in [4.69, 9.17) is 4.52 Å². The minimum Gasteiger partial charge on any atom is -0.340 e. The van der Waals surface area contributed by atoms with Gasteiger partial charge in [0, 0.05) is 37.4 Å². The number of halogens is 1. The Balaban J connectivity index is 1.33. The van der Waals surface area contributed by atoms with E-state index in [1.165, 1.54) is 12.8 Å². The number of fused-ring (bicyclic) bond motifs is 2. The molecule has 1 amide bonds. The first kappa shape index (κ1) is 16.5. The molecule has 132 valence electrons. The molecule has 2 saturated carbocycles. The van der Waals surface area contributed by atoms with E-state index in [-0.39, 0.29) is 5.41 Å². The van der Waals surface area contributed by atoms with Gasteiger partial charge in [0.15, 0.2) is 5.82 Å². The Hall–Kier alpha value is -0.950. The quantitative estimate of drug-likeness (QED) is 0.730. The van der Waals surface area contributed by atoms with Crippen LogP contribution in [0.4, 0.5) is 0 Å². The summed E-state index contributed by atoms with van der Waals surface area (Å²) in [6.07, 6.45) is 5.32. The van der Waals surface area contributed by atoms with Crippen LogP contribution >= 0.6 is 15.9 Å². The molecule has 3 fully saturated rings. The number of hydrogen-bond acceptors (Lipinski definition) is 5. The fourth-order valence-corrected chi connectivity index (χ4v) is 5.78. The smallest absolute Gasteiger partial charge is 0.230 e. The molecule has 4 rings (SSSR count). The van der Waals surface area contributed by atoms with Crippen LogP contribution in [0.2, 0.25) is 0 Å². The molecule has 0 spiro atoms. The standard InChI is InChI=1S/C17H25BrN4O2/c1-2-15-19-14(20-24-15)11-21-5-7-22(8-6-21)16(23)17-4-3-12(10-17)9-13(17)18/h12-13H,2-11H2,1H3/t12-,13-,17+/m0/s1. The first-order valence-corrected chi connectivity index (χ1v) is 9.99. The summed E-state index contributed by atoms with van der Waals surface area (Å²) in [5.41, 5.74) is -0.115. The van der Waals surface area contributed by atoms with Crippen LogP contribution < -0.4 is 0 Å². The monoisotopic (exact) mass is 396 g/mol. The maximum absolute atomic E-state index is 13.1. The van der Waals surface area contributed by atoms with E-state index in [1.54, 1.807) is 0 Å². The maximum atomic E-state index is 13.1. The van der Waals surface area contributed by atoms with Gasteiger partial charge in [-0.25, -0.2) is 0 Å². The summed E-state index contributed by atoms with van der Waals surface area (Å²) in [5, 5.41) is 4.02. The van der Waals surface area contributed by atoms with E-state index >= 15 is 0 Å².